The van der Waals surface area contributed by atoms with Gasteiger partial charge in [0.05, 0.1) is 13.0 Å². The number of H-pyrrole nitrogens is 1. The fourth-order valence-corrected chi connectivity index (χ4v) is 6.14. The first-order valence-corrected chi connectivity index (χ1v) is 15.1. The maximum atomic E-state index is 14.5. The molecule has 4 N–H and O–H groups in total. The highest BCUT2D eigenvalue weighted by Crippen LogP contribution is 2.33. The highest BCUT2D eigenvalue weighted by Gasteiger charge is 2.43. The molecule has 10 nitrogen and oxygen atoms in total. The van der Waals surface area contributed by atoms with Crippen LogP contribution in [0.25, 0.3) is 10.8 Å². The van der Waals surface area contributed by atoms with E-state index < -0.39 is 41.8 Å². The fraction of sp³-hybridized carbons (Fsp3) is 0.265. The largest absolute Gasteiger partial charge is 0.368 e. The lowest BCUT2D eigenvalue weighted by atomic mass is 9.96. The fourth-order valence-electron chi connectivity index (χ4n) is 5.94. The van der Waals surface area contributed by atoms with Crippen molar-refractivity contribution in [2.24, 2.45) is 5.73 Å². The molecule has 45 heavy (non-hydrogen) atoms. The van der Waals surface area contributed by atoms with Gasteiger partial charge in [-0.2, -0.15) is 0 Å². The number of hydrogen-bond donors (Lipinski definition) is 3. The summed E-state index contributed by atoms with van der Waals surface area (Å²) in [5.74, 6) is -2.05. The third-order valence-corrected chi connectivity index (χ3v) is 8.38. The van der Waals surface area contributed by atoms with Crippen LogP contribution in [0.1, 0.15) is 36.1 Å². The SMILES string of the molecule is CC1CCN(C(Cc2cccc3ccccc23)C(N)=O)C(=O)C(c2cccc(Cl)c2)N1C(=O)CNC(=O)Cc1cc[nH]c(=O)c1. The van der Waals surface area contributed by atoms with Crippen LogP contribution in [-0.2, 0) is 32.0 Å². The van der Waals surface area contributed by atoms with Crippen molar-refractivity contribution in [1.29, 1.82) is 0 Å². The van der Waals surface area contributed by atoms with E-state index in [0.717, 1.165) is 16.3 Å². The van der Waals surface area contributed by atoms with Gasteiger partial charge in [-0.3, -0.25) is 24.0 Å². The first-order valence-electron chi connectivity index (χ1n) is 14.7. The number of nitrogens with zero attached hydrogens (tertiary/aromatic N) is 2. The Hall–Kier alpha value is -4.96. The number of halogens is 1. The van der Waals surface area contributed by atoms with Gasteiger partial charge in [0.1, 0.15) is 12.1 Å². The van der Waals surface area contributed by atoms with Crippen LogP contribution in [0.5, 0.6) is 0 Å². The van der Waals surface area contributed by atoms with Crippen LogP contribution in [0.3, 0.4) is 0 Å². The summed E-state index contributed by atoms with van der Waals surface area (Å²) in [4.78, 5) is 71.0. The first-order chi connectivity index (χ1) is 21.6. The van der Waals surface area contributed by atoms with Gasteiger partial charge in [0.25, 0.3) is 5.91 Å². The zero-order chi connectivity index (χ0) is 32.1. The predicted octanol–water partition coefficient (Wildman–Crippen LogP) is 3.13. The third-order valence-electron chi connectivity index (χ3n) is 8.15. The molecule has 3 aromatic carbocycles. The van der Waals surface area contributed by atoms with E-state index in [1.165, 1.54) is 22.1 Å². The van der Waals surface area contributed by atoms with E-state index in [9.17, 15) is 24.0 Å². The molecule has 232 valence electrons. The van der Waals surface area contributed by atoms with E-state index in [1.807, 2.05) is 49.4 Å². The smallest absolute Gasteiger partial charge is 0.250 e. The Balaban J connectivity index is 1.44. The molecule has 1 saturated heterocycles. The minimum absolute atomic E-state index is 0.0916. The Morgan fingerprint density at radius 3 is 2.53 bits per heavy atom. The predicted molar refractivity (Wildman–Crippen MR) is 171 cm³/mol. The Labute approximate surface area is 265 Å². The highest BCUT2D eigenvalue weighted by molar-refractivity contribution is 6.30. The molecule has 3 unspecified atom stereocenters. The van der Waals surface area contributed by atoms with E-state index in [0.29, 0.717) is 22.6 Å². The van der Waals surface area contributed by atoms with Crippen LogP contribution >= 0.6 is 11.6 Å². The van der Waals surface area contributed by atoms with Gasteiger partial charge in [-0.25, -0.2) is 0 Å². The van der Waals surface area contributed by atoms with Crippen LogP contribution in [0.4, 0.5) is 0 Å². The van der Waals surface area contributed by atoms with Crippen LogP contribution in [0.15, 0.2) is 89.9 Å². The number of rotatable bonds is 9. The summed E-state index contributed by atoms with van der Waals surface area (Å²) in [6.45, 7) is 1.65. The van der Waals surface area contributed by atoms with Crippen LogP contribution in [0.2, 0.25) is 5.02 Å². The number of hydrogen-bond acceptors (Lipinski definition) is 5. The molecule has 0 radical (unpaired) electrons. The maximum Gasteiger partial charge on any atom is 0.250 e. The van der Waals surface area contributed by atoms with Crippen molar-refractivity contribution in [1.82, 2.24) is 20.1 Å². The molecule has 0 bridgehead atoms. The van der Waals surface area contributed by atoms with Crippen LogP contribution in [-0.4, -0.2) is 63.6 Å². The van der Waals surface area contributed by atoms with Crippen molar-refractivity contribution in [3.8, 4) is 0 Å². The Morgan fingerprint density at radius 2 is 1.78 bits per heavy atom. The number of carbonyl (C=O) groups is 4. The summed E-state index contributed by atoms with van der Waals surface area (Å²) in [6, 6.07) is 20.7. The van der Waals surface area contributed by atoms with E-state index >= 15 is 0 Å². The zero-order valence-electron chi connectivity index (χ0n) is 24.7. The summed E-state index contributed by atoms with van der Waals surface area (Å²) in [5, 5.41) is 4.96. The maximum absolute atomic E-state index is 14.5. The standard InChI is InChI=1S/C34H34ClN5O5/c1-21-13-15-39(28(33(36)44)19-24-8-4-7-23-6-2-3-11-27(23)24)34(45)32(25-9-5-10-26(35)18-25)40(21)31(43)20-38-30(42)17-22-12-14-37-29(41)16-22/h2-12,14,16,18,21,28,32H,13,15,17,19-20H2,1H3,(H2,36,44)(H,37,41)(H,38,42). The number of carbonyl (C=O) groups excluding carboxylic acids is 4. The number of nitrogens with one attached hydrogen (secondary N) is 2. The molecule has 3 atom stereocenters. The second-order valence-electron chi connectivity index (χ2n) is 11.2. The molecule has 1 fully saturated rings. The Kier molecular flexibility index (Phi) is 9.63. The first kappa shape index (κ1) is 31.5. The number of nitrogens with two attached hydrogens (primary N) is 1. The number of benzene rings is 3. The Morgan fingerprint density at radius 1 is 1.02 bits per heavy atom. The van der Waals surface area contributed by atoms with Gasteiger partial charge in [-0.15, -0.1) is 0 Å². The van der Waals surface area contributed by atoms with Crippen molar-refractivity contribution in [2.75, 3.05) is 13.1 Å². The van der Waals surface area contributed by atoms with Crippen LogP contribution in [0, 0.1) is 0 Å². The molecule has 0 saturated carbocycles. The minimum atomic E-state index is -1.12. The average molecular weight is 628 g/mol. The lowest BCUT2D eigenvalue weighted by Crippen LogP contribution is -2.53. The lowest BCUT2D eigenvalue weighted by molar-refractivity contribution is -0.148. The van der Waals surface area contributed by atoms with E-state index in [-0.39, 0.29) is 31.5 Å². The topological polar surface area (TPSA) is 146 Å². The number of aromatic amines is 1. The number of aromatic nitrogens is 1. The van der Waals surface area contributed by atoms with Gasteiger partial charge in [-0.1, -0.05) is 66.2 Å². The average Bonchev–Trinajstić information content (AvgIpc) is 3.14. The van der Waals surface area contributed by atoms with Gasteiger partial charge in [0.15, 0.2) is 0 Å². The van der Waals surface area contributed by atoms with Crippen molar-refractivity contribution in [2.45, 2.75) is 44.3 Å². The molecular formula is C34H34ClN5O5. The number of fused-ring (bicyclic) bond motifs is 1. The quantitative estimate of drug-likeness (QED) is 0.261. The van der Waals surface area contributed by atoms with Crippen molar-refractivity contribution >= 4 is 46.0 Å². The van der Waals surface area contributed by atoms with Crippen molar-refractivity contribution < 1.29 is 19.2 Å². The molecule has 4 aromatic rings. The summed E-state index contributed by atoms with van der Waals surface area (Å²) >= 11 is 6.34. The van der Waals surface area contributed by atoms with Gasteiger partial charge >= 0.3 is 0 Å². The Bertz CT molecular complexity index is 1800. The van der Waals surface area contributed by atoms with E-state index in [1.54, 1.807) is 30.3 Å². The molecular weight excluding hydrogens is 594 g/mol. The normalized spacial score (nSPS) is 17.5. The summed E-state index contributed by atoms with van der Waals surface area (Å²) in [6.07, 6.45) is 1.92. The van der Waals surface area contributed by atoms with E-state index in [2.05, 4.69) is 10.3 Å². The third kappa shape index (κ3) is 7.24. The molecule has 0 aliphatic carbocycles. The lowest BCUT2D eigenvalue weighted by Gasteiger charge is -2.36. The van der Waals surface area contributed by atoms with Gasteiger partial charge in [0.2, 0.25) is 23.3 Å². The molecule has 1 aliphatic heterocycles. The molecule has 1 aromatic heterocycles. The number of amides is 4. The zero-order valence-corrected chi connectivity index (χ0v) is 25.5. The molecule has 2 heterocycles. The minimum Gasteiger partial charge on any atom is -0.368 e. The summed E-state index contributed by atoms with van der Waals surface area (Å²) < 4.78 is 0. The molecule has 4 amide bonds. The monoisotopic (exact) mass is 627 g/mol. The second kappa shape index (κ2) is 13.8. The van der Waals surface area contributed by atoms with Gasteiger partial charge < -0.3 is 25.8 Å². The molecule has 5 rings (SSSR count). The van der Waals surface area contributed by atoms with E-state index in [4.69, 9.17) is 17.3 Å². The molecule has 11 heteroatoms. The summed E-state index contributed by atoms with van der Waals surface area (Å²) in [5.41, 5.74) is 7.47. The second-order valence-corrected chi connectivity index (χ2v) is 11.6. The van der Waals surface area contributed by atoms with Crippen LogP contribution < -0.4 is 16.6 Å². The van der Waals surface area contributed by atoms with Gasteiger partial charge in [-0.05, 0) is 59.0 Å². The highest BCUT2D eigenvalue weighted by atomic mass is 35.5. The van der Waals surface area contributed by atoms with Gasteiger partial charge in [0, 0.05) is 36.3 Å². The number of primary amides is 1. The molecule has 1 aliphatic rings. The van der Waals surface area contributed by atoms with Crippen molar-refractivity contribution in [3.05, 3.63) is 117 Å². The van der Waals surface area contributed by atoms with Crippen molar-refractivity contribution in [3.63, 3.8) is 0 Å². The molecule has 0 spiro atoms. The summed E-state index contributed by atoms with van der Waals surface area (Å²) in [7, 11) is 0. The number of pyridine rings is 1.